The summed E-state index contributed by atoms with van der Waals surface area (Å²) in [7, 11) is 1.84. The van der Waals surface area contributed by atoms with E-state index < -0.39 is 0 Å². The molecule has 19 heavy (non-hydrogen) atoms. The predicted molar refractivity (Wildman–Crippen MR) is 75.7 cm³/mol. The van der Waals surface area contributed by atoms with E-state index >= 15 is 0 Å². The highest BCUT2D eigenvalue weighted by Gasteiger charge is 2.50. The summed E-state index contributed by atoms with van der Waals surface area (Å²) in [5, 5.41) is 9.30. The highest BCUT2D eigenvalue weighted by molar-refractivity contribution is 5.85. The van der Waals surface area contributed by atoms with Crippen molar-refractivity contribution in [2.45, 2.75) is 38.7 Å². The Morgan fingerprint density at radius 2 is 2.00 bits per heavy atom. The van der Waals surface area contributed by atoms with Crippen molar-refractivity contribution >= 4 is 5.91 Å². The minimum atomic E-state index is -0.348. The summed E-state index contributed by atoms with van der Waals surface area (Å²) in [6.45, 7) is 2.39. The van der Waals surface area contributed by atoms with E-state index in [0.717, 1.165) is 19.3 Å². The van der Waals surface area contributed by atoms with Crippen molar-refractivity contribution in [2.24, 2.45) is 5.41 Å². The van der Waals surface area contributed by atoms with Crippen molar-refractivity contribution in [1.29, 1.82) is 0 Å². The van der Waals surface area contributed by atoms with Crippen LogP contribution in [0.15, 0.2) is 30.3 Å². The van der Waals surface area contributed by atoms with Crippen molar-refractivity contribution in [1.82, 2.24) is 4.90 Å². The zero-order valence-corrected chi connectivity index (χ0v) is 11.8. The first kappa shape index (κ1) is 14.1. The molecule has 0 saturated heterocycles. The molecule has 1 atom stereocenters. The van der Waals surface area contributed by atoms with Gasteiger partial charge in [0.2, 0.25) is 5.91 Å². The maximum atomic E-state index is 12.5. The van der Waals surface area contributed by atoms with Gasteiger partial charge >= 0.3 is 0 Å². The normalized spacial score (nSPS) is 17.8. The van der Waals surface area contributed by atoms with Gasteiger partial charge in [-0.2, -0.15) is 0 Å². The Balaban J connectivity index is 1.94. The molecule has 2 rings (SSSR count). The maximum absolute atomic E-state index is 12.5. The molecule has 1 aromatic carbocycles. The van der Waals surface area contributed by atoms with Crippen molar-refractivity contribution in [2.75, 3.05) is 13.6 Å². The fraction of sp³-hybridized carbons (Fsp3) is 0.562. The molecule has 3 heteroatoms. The van der Waals surface area contributed by atoms with Crippen LogP contribution in [0.25, 0.3) is 0 Å². The topological polar surface area (TPSA) is 40.5 Å². The molecule has 0 heterocycles. The molecule has 104 valence electrons. The van der Waals surface area contributed by atoms with E-state index in [1.165, 1.54) is 5.56 Å². The van der Waals surface area contributed by atoms with Gasteiger partial charge in [-0.15, -0.1) is 0 Å². The summed E-state index contributed by atoms with van der Waals surface area (Å²) in [4.78, 5) is 14.3. The Kier molecular flexibility index (Phi) is 4.25. The van der Waals surface area contributed by atoms with Crippen molar-refractivity contribution in [3.63, 3.8) is 0 Å². The zero-order valence-electron chi connectivity index (χ0n) is 11.8. The van der Waals surface area contributed by atoms with Crippen LogP contribution in [-0.4, -0.2) is 35.6 Å². The number of hydrogen-bond acceptors (Lipinski definition) is 2. The maximum Gasteiger partial charge on any atom is 0.228 e. The Morgan fingerprint density at radius 3 is 2.53 bits per heavy atom. The molecule has 1 aromatic rings. The van der Waals surface area contributed by atoms with Gasteiger partial charge < -0.3 is 10.0 Å². The molecule has 0 bridgehead atoms. The summed E-state index contributed by atoms with van der Waals surface area (Å²) in [5.41, 5.74) is 1.06. The third kappa shape index (κ3) is 3.57. The number of hydrogen-bond donors (Lipinski definition) is 1. The summed E-state index contributed by atoms with van der Waals surface area (Å²) in [6.07, 6.45) is 3.11. The number of carbonyl (C=O) groups excluding carboxylic acids is 1. The molecule has 1 amide bonds. The third-order valence-electron chi connectivity index (χ3n) is 3.92. The van der Waals surface area contributed by atoms with Gasteiger partial charge in [0.1, 0.15) is 0 Å². The van der Waals surface area contributed by atoms with Gasteiger partial charge in [0.15, 0.2) is 0 Å². The Labute approximate surface area is 115 Å². The van der Waals surface area contributed by atoms with E-state index in [1.807, 2.05) is 25.2 Å². The van der Waals surface area contributed by atoms with E-state index in [2.05, 4.69) is 12.1 Å². The standard InChI is InChI=1S/C16H23NO2/c1-13(18)8-11-17(2)15(19)16(9-10-16)12-14-6-4-3-5-7-14/h3-7,13,18H,8-12H2,1-2H3. The van der Waals surface area contributed by atoms with Gasteiger partial charge in [-0.3, -0.25) is 4.79 Å². The van der Waals surface area contributed by atoms with Crippen LogP contribution >= 0.6 is 0 Å². The van der Waals surface area contributed by atoms with Crippen molar-refractivity contribution < 1.29 is 9.90 Å². The van der Waals surface area contributed by atoms with E-state index in [-0.39, 0.29) is 17.4 Å². The summed E-state index contributed by atoms with van der Waals surface area (Å²) in [5.74, 6) is 0.233. The lowest BCUT2D eigenvalue weighted by atomic mass is 9.95. The molecule has 0 radical (unpaired) electrons. The van der Waals surface area contributed by atoms with E-state index in [4.69, 9.17) is 0 Å². The number of rotatable bonds is 6. The van der Waals surface area contributed by atoms with Crippen LogP contribution < -0.4 is 0 Å². The summed E-state index contributed by atoms with van der Waals surface area (Å²) < 4.78 is 0. The Hall–Kier alpha value is -1.35. The van der Waals surface area contributed by atoms with Gasteiger partial charge in [0.05, 0.1) is 11.5 Å². The third-order valence-corrected chi connectivity index (χ3v) is 3.92. The molecule has 1 unspecified atom stereocenters. The molecule has 1 N–H and O–H groups in total. The fourth-order valence-electron chi connectivity index (χ4n) is 2.49. The van der Waals surface area contributed by atoms with Crippen LogP contribution in [0.3, 0.4) is 0 Å². The van der Waals surface area contributed by atoms with Crippen LogP contribution in [0.1, 0.15) is 31.7 Å². The number of amides is 1. The summed E-state index contributed by atoms with van der Waals surface area (Å²) >= 11 is 0. The lowest BCUT2D eigenvalue weighted by Gasteiger charge is -2.24. The van der Waals surface area contributed by atoms with E-state index in [1.54, 1.807) is 11.8 Å². The first-order chi connectivity index (χ1) is 9.03. The number of carbonyl (C=O) groups is 1. The quantitative estimate of drug-likeness (QED) is 0.853. The van der Waals surface area contributed by atoms with Gasteiger partial charge in [-0.25, -0.2) is 0 Å². The number of aliphatic hydroxyl groups is 1. The molecule has 0 aromatic heterocycles. The molecular weight excluding hydrogens is 238 g/mol. The monoisotopic (exact) mass is 261 g/mol. The molecule has 1 aliphatic carbocycles. The Morgan fingerprint density at radius 1 is 1.37 bits per heavy atom. The lowest BCUT2D eigenvalue weighted by molar-refractivity contribution is -0.135. The van der Waals surface area contributed by atoms with E-state index in [0.29, 0.717) is 13.0 Å². The Bertz CT molecular complexity index is 424. The molecule has 1 saturated carbocycles. The van der Waals surface area contributed by atoms with Crippen LogP contribution in [0, 0.1) is 5.41 Å². The largest absolute Gasteiger partial charge is 0.393 e. The van der Waals surface area contributed by atoms with Gasteiger partial charge in [0.25, 0.3) is 0 Å². The van der Waals surface area contributed by atoms with Gasteiger partial charge in [-0.05, 0) is 38.2 Å². The second kappa shape index (κ2) is 5.74. The molecule has 1 aliphatic rings. The molecule has 0 aliphatic heterocycles. The smallest absolute Gasteiger partial charge is 0.228 e. The van der Waals surface area contributed by atoms with Crippen LogP contribution in [0.4, 0.5) is 0 Å². The summed E-state index contributed by atoms with van der Waals surface area (Å²) in [6, 6.07) is 10.2. The molecule has 1 fully saturated rings. The SMILES string of the molecule is CC(O)CCN(C)C(=O)C1(Cc2ccccc2)CC1. The number of benzene rings is 1. The van der Waals surface area contributed by atoms with Crippen molar-refractivity contribution in [3.05, 3.63) is 35.9 Å². The second-order valence-electron chi connectivity index (χ2n) is 5.81. The molecule has 0 spiro atoms. The zero-order chi connectivity index (χ0) is 13.9. The average Bonchev–Trinajstić information content (AvgIpc) is 3.17. The van der Waals surface area contributed by atoms with Gasteiger partial charge in [-0.1, -0.05) is 30.3 Å². The lowest BCUT2D eigenvalue weighted by Crippen LogP contribution is -2.36. The first-order valence-corrected chi connectivity index (χ1v) is 7.01. The highest BCUT2D eigenvalue weighted by Crippen LogP contribution is 2.49. The minimum Gasteiger partial charge on any atom is -0.393 e. The number of nitrogens with zero attached hydrogens (tertiary/aromatic N) is 1. The fourth-order valence-corrected chi connectivity index (χ4v) is 2.49. The highest BCUT2D eigenvalue weighted by atomic mass is 16.3. The van der Waals surface area contributed by atoms with Crippen molar-refractivity contribution in [3.8, 4) is 0 Å². The predicted octanol–water partition coefficient (Wildman–Crippen LogP) is 2.24. The van der Waals surface area contributed by atoms with Crippen LogP contribution in [0.2, 0.25) is 0 Å². The molecular formula is C16H23NO2. The second-order valence-corrected chi connectivity index (χ2v) is 5.81. The van der Waals surface area contributed by atoms with Gasteiger partial charge in [0, 0.05) is 13.6 Å². The van der Waals surface area contributed by atoms with Crippen LogP contribution in [-0.2, 0) is 11.2 Å². The number of aliphatic hydroxyl groups excluding tert-OH is 1. The minimum absolute atomic E-state index is 0.172. The first-order valence-electron chi connectivity index (χ1n) is 7.01. The average molecular weight is 261 g/mol. The van der Waals surface area contributed by atoms with Crippen LogP contribution in [0.5, 0.6) is 0 Å². The molecule has 3 nitrogen and oxygen atoms in total. The van der Waals surface area contributed by atoms with E-state index in [9.17, 15) is 9.90 Å².